The van der Waals surface area contributed by atoms with Crippen molar-refractivity contribution in [3.05, 3.63) is 56.4 Å². The Balaban J connectivity index is 1.92. The van der Waals surface area contributed by atoms with E-state index in [2.05, 4.69) is 22.3 Å². The van der Waals surface area contributed by atoms with E-state index in [-0.39, 0.29) is 11.6 Å². The Kier molecular flexibility index (Phi) is 4.64. The summed E-state index contributed by atoms with van der Waals surface area (Å²) in [5, 5.41) is 8.29. The summed E-state index contributed by atoms with van der Waals surface area (Å²) in [5.41, 5.74) is 0.101. The van der Waals surface area contributed by atoms with Crippen molar-refractivity contribution in [2.24, 2.45) is 0 Å². The number of halogens is 1. The van der Waals surface area contributed by atoms with Gasteiger partial charge in [-0.3, -0.25) is 9.59 Å². The molecule has 0 fully saturated rings. The summed E-state index contributed by atoms with van der Waals surface area (Å²) in [6, 6.07) is 6.41. The van der Waals surface area contributed by atoms with Crippen LogP contribution in [-0.4, -0.2) is 20.5 Å². The molecule has 1 atom stereocenters. The number of aromatic nitrogens is 3. The summed E-state index contributed by atoms with van der Waals surface area (Å²) in [6.45, 7) is 4.11. The molecule has 1 aromatic carbocycles. The van der Waals surface area contributed by atoms with E-state index >= 15 is 0 Å². The molecule has 1 unspecified atom stereocenters. The molecule has 1 amide bonds. The van der Waals surface area contributed by atoms with Gasteiger partial charge >= 0.3 is 0 Å². The highest BCUT2D eigenvalue weighted by atomic mass is 35.5. The minimum Gasteiger partial charge on any atom is -0.316 e. The van der Waals surface area contributed by atoms with E-state index in [0.717, 1.165) is 11.4 Å². The van der Waals surface area contributed by atoms with E-state index in [9.17, 15) is 9.59 Å². The first-order chi connectivity index (χ1) is 11.5. The average Bonchev–Trinajstić information content (AvgIpc) is 3.02. The van der Waals surface area contributed by atoms with E-state index in [1.807, 2.05) is 6.92 Å². The summed E-state index contributed by atoms with van der Waals surface area (Å²) >= 11 is 7.19. The van der Waals surface area contributed by atoms with Crippen molar-refractivity contribution in [2.75, 3.05) is 5.32 Å². The van der Waals surface area contributed by atoms with Crippen molar-refractivity contribution in [1.29, 1.82) is 0 Å². The Bertz CT molecular complexity index is 949. The van der Waals surface area contributed by atoms with E-state index in [1.165, 1.54) is 22.0 Å². The molecule has 0 saturated carbocycles. The van der Waals surface area contributed by atoms with Crippen LogP contribution in [-0.2, 0) is 0 Å². The molecule has 8 heteroatoms. The van der Waals surface area contributed by atoms with E-state index in [4.69, 9.17) is 11.6 Å². The second kappa shape index (κ2) is 6.70. The molecule has 24 heavy (non-hydrogen) atoms. The third-order valence-electron chi connectivity index (χ3n) is 3.69. The van der Waals surface area contributed by atoms with Crippen molar-refractivity contribution in [3.63, 3.8) is 0 Å². The van der Waals surface area contributed by atoms with Crippen LogP contribution in [0.1, 0.15) is 41.6 Å². The summed E-state index contributed by atoms with van der Waals surface area (Å²) < 4.78 is 1.24. The maximum Gasteiger partial charge on any atom is 0.298 e. The molecule has 0 saturated heterocycles. The van der Waals surface area contributed by atoms with Gasteiger partial charge in [0.15, 0.2) is 0 Å². The molecule has 3 rings (SSSR count). The van der Waals surface area contributed by atoms with Crippen LogP contribution in [0.4, 0.5) is 5.69 Å². The molecule has 2 aromatic heterocycles. The Morgan fingerprint density at radius 3 is 2.75 bits per heavy atom. The van der Waals surface area contributed by atoms with Crippen LogP contribution in [0, 0.1) is 0 Å². The lowest BCUT2D eigenvalue weighted by Gasteiger charge is -2.04. The maximum absolute atomic E-state index is 12.5. The minimum absolute atomic E-state index is 0.0912. The SMILES string of the molecule is CCC(C)c1nn2c(=O)c(NC(=O)c3ccc(Cl)cc3)cnc2s1. The van der Waals surface area contributed by atoms with Crippen LogP contribution in [0.5, 0.6) is 0 Å². The number of amides is 1. The molecule has 0 bridgehead atoms. The summed E-state index contributed by atoms with van der Waals surface area (Å²) in [5.74, 6) is -0.147. The van der Waals surface area contributed by atoms with Crippen LogP contribution in [0.15, 0.2) is 35.3 Å². The van der Waals surface area contributed by atoms with Gasteiger partial charge in [0.1, 0.15) is 10.7 Å². The molecule has 0 aliphatic rings. The number of carbonyl (C=O) groups is 1. The van der Waals surface area contributed by atoms with Crippen molar-refractivity contribution >= 4 is 39.5 Å². The molecular weight excluding hydrogens is 348 g/mol. The second-order valence-electron chi connectivity index (χ2n) is 5.38. The van der Waals surface area contributed by atoms with Crippen molar-refractivity contribution in [3.8, 4) is 0 Å². The molecule has 3 aromatic rings. The van der Waals surface area contributed by atoms with Gasteiger partial charge in [0.25, 0.3) is 11.5 Å². The van der Waals surface area contributed by atoms with Gasteiger partial charge in [-0.2, -0.15) is 9.61 Å². The number of nitrogens with zero attached hydrogens (tertiary/aromatic N) is 3. The lowest BCUT2D eigenvalue weighted by Crippen LogP contribution is -2.23. The number of hydrogen-bond acceptors (Lipinski definition) is 5. The molecule has 6 nitrogen and oxygen atoms in total. The maximum atomic E-state index is 12.5. The first kappa shape index (κ1) is 16.6. The fourth-order valence-corrected chi connectivity index (χ4v) is 3.18. The average molecular weight is 363 g/mol. The fourth-order valence-electron chi connectivity index (χ4n) is 2.06. The normalized spacial score (nSPS) is 12.3. The Morgan fingerprint density at radius 1 is 1.38 bits per heavy atom. The van der Waals surface area contributed by atoms with Gasteiger partial charge in [0.2, 0.25) is 4.96 Å². The first-order valence-corrected chi connectivity index (χ1v) is 8.64. The third kappa shape index (κ3) is 3.18. The minimum atomic E-state index is -0.400. The molecule has 0 aliphatic carbocycles. The lowest BCUT2D eigenvalue weighted by molar-refractivity contribution is 0.102. The summed E-state index contributed by atoms with van der Waals surface area (Å²) in [4.78, 5) is 29.5. The molecule has 124 valence electrons. The standard InChI is InChI=1S/C16H15ClN4O2S/c1-3-9(2)14-20-21-15(23)12(8-18-16(21)24-14)19-13(22)10-4-6-11(17)7-5-10/h4-9H,3H2,1-2H3,(H,19,22). The first-order valence-electron chi connectivity index (χ1n) is 7.45. The van der Waals surface area contributed by atoms with Crippen LogP contribution < -0.4 is 10.9 Å². The highest BCUT2D eigenvalue weighted by Gasteiger charge is 2.15. The largest absolute Gasteiger partial charge is 0.316 e. The van der Waals surface area contributed by atoms with Crippen molar-refractivity contribution < 1.29 is 4.79 Å². The number of fused-ring (bicyclic) bond motifs is 1. The van der Waals surface area contributed by atoms with Crippen molar-refractivity contribution in [2.45, 2.75) is 26.2 Å². The molecule has 0 spiro atoms. The number of benzene rings is 1. The number of nitrogens with one attached hydrogen (secondary N) is 1. The number of rotatable bonds is 4. The zero-order valence-electron chi connectivity index (χ0n) is 13.1. The number of hydrogen-bond donors (Lipinski definition) is 1. The number of carbonyl (C=O) groups excluding carboxylic acids is 1. The van der Waals surface area contributed by atoms with Crippen LogP contribution >= 0.6 is 22.9 Å². The predicted molar refractivity (Wildman–Crippen MR) is 95.2 cm³/mol. The fraction of sp³-hybridized carbons (Fsp3) is 0.250. The number of anilines is 1. The van der Waals surface area contributed by atoms with Gasteiger partial charge in [-0.25, -0.2) is 4.98 Å². The van der Waals surface area contributed by atoms with Gasteiger partial charge in [-0.15, -0.1) is 0 Å². The van der Waals surface area contributed by atoms with Gasteiger partial charge in [-0.1, -0.05) is 36.8 Å². The predicted octanol–water partition coefficient (Wildman–Crippen LogP) is 3.57. The molecule has 2 heterocycles. The van der Waals surface area contributed by atoms with E-state index in [0.29, 0.717) is 15.5 Å². The van der Waals surface area contributed by atoms with Crippen LogP contribution in [0.25, 0.3) is 4.96 Å². The molecule has 0 radical (unpaired) electrons. The third-order valence-corrected chi connectivity index (χ3v) is 5.10. The lowest BCUT2D eigenvalue weighted by atomic mass is 10.1. The monoisotopic (exact) mass is 362 g/mol. The van der Waals surface area contributed by atoms with Gasteiger partial charge in [0.05, 0.1) is 6.20 Å². The van der Waals surface area contributed by atoms with Gasteiger partial charge in [0, 0.05) is 16.5 Å². The topological polar surface area (TPSA) is 76.4 Å². The van der Waals surface area contributed by atoms with E-state index in [1.54, 1.807) is 24.3 Å². The molecule has 1 N–H and O–H groups in total. The van der Waals surface area contributed by atoms with Crippen LogP contribution in [0.3, 0.4) is 0 Å². The highest BCUT2D eigenvalue weighted by Crippen LogP contribution is 2.23. The second-order valence-corrected chi connectivity index (χ2v) is 6.81. The summed E-state index contributed by atoms with van der Waals surface area (Å²) in [7, 11) is 0. The molecule has 0 aliphatic heterocycles. The smallest absolute Gasteiger partial charge is 0.298 e. The van der Waals surface area contributed by atoms with Gasteiger partial charge in [-0.05, 0) is 30.7 Å². The Labute approximate surface area is 147 Å². The van der Waals surface area contributed by atoms with Crippen molar-refractivity contribution in [1.82, 2.24) is 14.6 Å². The molecular formula is C16H15ClN4O2S. The van der Waals surface area contributed by atoms with E-state index < -0.39 is 11.5 Å². The van der Waals surface area contributed by atoms with Gasteiger partial charge < -0.3 is 5.32 Å². The Hall–Kier alpha value is -2.25. The zero-order chi connectivity index (χ0) is 17.3. The quantitative estimate of drug-likeness (QED) is 0.769. The highest BCUT2D eigenvalue weighted by molar-refractivity contribution is 7.16. The Morgan fingerprint density at radius 2 is 2.08 bits per heavy atom. The summed E-state index contributed by atoms with van der Waals surface area (Å²) in [6.07, 6.45) is 2.29. The van der Waals surface area contributed by atoms with Crippen LogP contribution in [0.2, 0.25) is 5.02 Å². The zero-order valence-corrected chi connectivity index (χ0v) is 14.7.